The van der Waals surface area contributed by atoms with Crippen LogP contribution in [0.2, 0.25) is 0 Å². The molecule has 7 nitrogen and oxygen atoms in total. The summed E-state index contributed by atoms with van der Waals surface area (Å²) in [6.07, 6.45) is 1.75. The number of rotatable bonds is 11. The number of benzene rings is 2. The molecule has 0 unspecified atom stereocenters. The van der Waals surface area contributed by atoms with E-state index >= 15 is 0 Å². The van der Waals surface area contributed by atoms with Crippen molar-refractivity contribution in [2.75, 3.05) is 19.7 Å². The van der Waals surface area contributed by atoms with E-state index in [-0.39, 0.29) is 6.10 Å². The molecule has 0 saturated carbocycles. The van der Waals surface area contributed by atoms with Gasteiger partial charge in [-0.25, -0.2) is 0 Å². The minimum atomic E-state index is -0.0182. The van der Waals surface area contributed by atoms with Crippen molar-refractivity contribution >= 4 is 0 Å². The Morgan fingerprint density at radius 2 is 2.00 bits per heavy atom. The molecule has 2 aromatic carbocycles. The van der Waals surface area contributed by atoms with Gasteiger partial charge in [0.2, 0.25) is 5.82 Å². The first kappa shape index (κ1) is 23.3. The molecule has 7 heteroatoms. The van der Waals surface area contributed by atoms with Gasteiger partial charge in [-0.2, -0.15) is 10.2 Å². The van der Waals surface area contributed by atoms with Crippen LogP contribution < -0.4 is 14.8 Å². The van der Waals surface area contributed by atoms with E-state index in [2.05, 4.69) is 35.4 Å². The average molecular weight is 435 g/mol. The highest BCUT2D eigenvalue weighted by Gasteiger charge is 2.16. The van der Waals surface area contributed by atoms with Gasteiger partial charge in [-0.1, -0.05) is 19.0 Å². The monoisotopic (exact) mass is 434 g/mol. The van der Waals surface area contributed by atoms with Crippen molar-refractivity contribution in [3.05, 3.63) is 47.5 Å². The molecule has 1 aromatic heterocycles. The van der Waals surface area contributed by atoms with Crippen molar-refractivity contribution in [2.45, 2.75) is 46.6 Å². The van der Waals surface area contributed by atoms with Gasteiger partial charge in [-0.3, -0.25) is 0 Å². The lowest BCUT2D eigenvalue weighted by Gasteiger charge is -2.11. The van der Waals surface area contributed by atoms with E-state index in [9.17, 15) is 5.26 Å². The summed E-state index contributed by atoms with van der Waals surface area (Å²) in [5, 5.41) is 16.9. The first-order chi connectivity index (χ1) is 15.5. The second kappa shape index (κ2) is 11.3. The van der Waals surface area contributed by atoms with E-state index < -0.39 is 0 Å². The highest BCUT2D eigenvalue weighted by Crippen LogP contribution is 2.30. The van der Waals surface area contributed by atoms with Crippen molar-refractivity contribution < 1.29 is 14.0 Å². The Hall–Kier alpha value is -3.37. The zero-order valence-electron chi connectivity index (χ0n) is 19.1. The third-order valence-electron chi connectivity index (χ3n) is 4.85. The van der Waals surface area contributed by atoms with Crippen LogP contribution in [0.4, 0.5) is 0 Å². The molecule has 0 bridgehead atoms. The van der Waals surface area contributed by atoms with Crippen LogP contribution in [-0.4, -0.2) is 35.9 Å². The molecule has 168 valence electrons. The third kappa shape index (κ3) is 5.86. The van der Waals surface area contributed by atoms with Crippen molar-refractivity contribution in [3.63, 3.8) is 0 Å². The Kier molecular flexibility index (Phi) is 8.23. The summed E-state index contributed by atoms with van der Waals surface area (Å²) >= 11 is 0. The SMILES string of the molecule is CCNCCCOc1ccc(-c2noc(-c3ccc(OC(C)C)c(C#N)c3)n2)c(CC)c1. The lowest BCUT2D eigenvalue weighted by Crippen LogP contribution is -2.16. The van der Waals surface area contributed by atoms with Crippen LogP contribution >= 0.6 is 0 Å². The van der Waals surface area contributed by atoms with Gasteiger partial charge in [-0.15, -0.1) is 0 Å². The number of aromatic nitrogens is 2. The molecule has 0 aliphatic rings. The summed E-state index contributed by atoms with van der Waals surface area (Å²) in [5.41, 5.74) is 3.10. The van der Waals surface area contributed by atoms with Crippen molar-refractivity contribution in [1.82, 2.24) is 15.5 Å². The van der Waals surface area contributed by atoms with Crippen LogP contribution in [0.1, 0.15) is 45.2 Å². The van der Waals surface area contributed by atoms with E-state index in [1.807, 2.05) is 38.1 Å². The molecule has 1 N–H and O–H groups in total. The number of hydrogen-bond acceptors (Lipinski definition) is 7. The van der Waals surface area contributed by atoms with Gasteiger partial charge in [0.1, 0.15) is 17.6 Å². The maximum atomic E-state index is 9.47. The van der Waals surface area contributed by atoms with Gasteiger partial charge in [0, 0.05) is 11.1 Å². The number of hydrogen-bond donors (Lipinski definition) is 1. The molecule has 0 fully saturated rings. The Morgan fingerprint density at radius 1 is 1.16 bits per heavy atom. The normalized spacial score (nSPS) is 10.9. The Labute approximate surface area is 189 Å². The molecule has 0 atom stereocenters. The average Bonchev–Trinajstić information content (AvgIpc) is 3.28. The molecule has 1 heterocycles. The van der Waals surface area contributed by atoms with E-state index in [1.165, 1.54) is 0 Å². The number of nitriles is 1. The molecular weight excluding hydrogens is 404 g/mol. The van der Waals surface area contributed by atoms with Crippen LogP contribution in [0.5, 0.6) is 11.5 Å². The predicted octanol–water partition coefficient (Wildman–Crippen LogP) is 5.00. The van der Waals surface area contributed by atoms with Crippen LogP contribution in [0.25, 0.3) is 22.8 Å². The van der Waals surface area contributed by atoms with Crippen molar-refractivity contribution in [3.8, 4) is 40.4 Å². The first-order valence-corrected chi connectivity index (χ1v) is 11.1. The Bertz CT molecular complexity index is 1070. The summed E-state index contributed by atoms with van der Waals surface area (Å²) in [7, 11) is 0. The van der Waals surface area contributed by atoms with Gasteiger partial charge < -0.3 is 19.3 Å². The van der Waals surface area contributed by atoms with Crippen LogP contribution in [0, 0.1) is 11.3 Å². The van der Waals surface area contributed by atoms with E-state index in [0.717, 1.165) is 42.8 Å². The Morgan fingerprint density at radius 3 is 2.72 bits per heavy atom. The predicted molar refractivity (Wildman–Crippen MR) is 124 cm³/mol. The van der Waals surface area contributed by atoms with Crippen LogP contribution in [0.15, 0.2) is 40.9 Å². The molecular formula is C25H30N4O3. The standard InChI is InChI=1S/C25H30N4O3/c1-5-18-15-21(30-13-7-12-27-6-2)9-10-22(18)24-28-25(32-29-24)19-8-11-23(31-17(3)4)20(14-19)16-26/h8-11,14-15,17,27H,5-7,12-13H2,1-4H3. The van der Waals surface area contributed by atoms with Gasteiger partial charge in [0.25, 0.3) is 5.89 Å². The van der Waals surface area contributed by atoms with Gasteiger partial charge in [-0.05, 0) is 81.7 Å². The molecule has 0 spiro atoms. The first-order valence-electron chi connectivity index (χ1n) is 11.1. The molecule has 0 saturated heterocycles. The number of nitrogens with one attached hydrogen (secondary N) is 1. The number of nitrogens with zero attached hydrogens (tertiary/aromatic N) is 3. The summed E-state index contributed by atoms with van der Waals surface area (Å²) in [5.74, 6) is 2.25. The maximum Gasteiger partial charge on any atom is 0.258 e. The summed E-state index contributed by atoms with van der Waals surface area (Å²) in [4.78, 5) is 4.57. The van der Waals surface area contributed by atoms with Crippen molar-refractivity contribution in [2.24, 2.45) is 0 Å². The van der Waals surface area contributed by atoms with Crippen LogP contribution in [-0.2, 0) is 6.42 Å². The zero-order valence-corrected chi connectivity index (χ0v) is 19.1. The van der Waals surface area contributed by atoms with Gasteiger partial charge in [0.05, 0.1) is 18.3 Å². The van der Waals surface area contributed by atoms with E-state index in [1.54, 1.807) is 12.1 Å². The minimum absolute atomic E-state index is 0.0182. The molecule has 32 heavy (non-hydrogen) atoms. The van der Waals surface area contributed by atoms with Crippen LogP contribution in [0.3, 0.4) is 0 Å². The zero-order chi connectivity index (χ0) is 22.9. The van der Waals surface area contributed by atoms with Crippen molar-refractivity contribution in [1.29, 1.82) is 5.26 Å². The highest BCUT2D eigenvalue weighted by atomic mass is 16.5. The highest BCUT2D eigenvalue weighted by molar-refractivity contribution is 5.65. The van der Waals surface area contributed by atoms with E-state index in [4.69, 9.17) is 14.0 Å². The molecule has 0 radical (unpaired) electrons. The fraction of sp³-hybridized carbons (Fsp3) is 0.400. The Balaban J connectivity index is 1.78. The van der Waals surface area contributed by atoms with Gasteiger partial charge >= 0.3 is 0 Å². The summed E-state index contributed by atoms with van der Waals surface area (Å²) in [6.45, 7) is 10.6. The second-order valence-corrected chi connectivity index (χ2v) is 7.64. The summed E-state index contributed by atoms with van der Waals surface area (Å²) < 4.78 is 17.1. The molecule has 0 amide bonds. The lowest BCUT2D eigenvalue weighted by atomic mass is 10.0. The molecule has 0 aliphatic heterocycles. The maximum absolute atomic E-state index is 9.47. The topological polar surface area (TPSA) is 93.2 Å². The molecule has 3 aromatic rings. The van der Waals surface area contributed by atoms with E-state index in [0.29, 0.717) is 35.2 Å². The number of ether oxygens (including phenoxy) is 2. The largest absolute Gasteiger partial charge is 0.494 e. The number of aryl methyl sites for hydroxylation is 1. The molecule has 0 aliphatic carbocycles. The lowest BCUT2D eigenvalue weighted by molar-refractivity contribution is 0.241. The minimum Gasteiger partial charge on any atom is -0.494 e. The smallest absolute Gasteiger partial charge is 0.258 e. The summed E-state index contributed by atoms with van der Waals surface area (Å²) in [6, 6.07) is 13.4. The fourth-order valence-electron chi connectivity index (χ4n) is 3.29. The quantitative estimate of drug-likeness (QED) is 0.424. The molecule has 3 rings (SSSR count). The second-order valence-electron chi connectivity index (χ2n) is 7.64. The van der Waals surface area contributed by atoms with Gasteiger partial charge in [0.15, 0.2) is 0 Å². The fourth-order valence-corrected chi connectivity index (χ4v) is 3.29. The third-order valence-corrected chi connectivity index (χ3v) is 4.85.